The van der Waals surface area contributed by atoms with Crippen molar-refractivity contribution in [3.8, 4) is 10.6 Å². The predicted molar refractivity (Wildman–Crippen MR) is 73.0 cm³/mol. The highest BCUT2D eigenvalue weighted by molar-refractivity contribution is 7.71. The van der Waals surface area contributed by atoms with Crippen LogP contribution in [0.1, 0.15) is 5.01 Å². The fourth-order valence-electron chi connectivity index (χ4n) is 1.82. The molecule has 3 aromatic rings. The molecule has 20 heavy (non-hydrogen) atoms. The number of fused-ring (bicyclic) bond motifs is 1. The zero-order chi connectivity index (χ0) is 14.3. The van der Waals surface area contributed by atoms with Crippen LogP contribution >= 0.6 is 23.6 Å². The lowest BCUT2D eigenvalue weighted by Gasteiger charge is -2.03. The van der Waals surface area contributed by atoms with Gasteiger partial charge in [-0.3, -0.25) is 5.10 Å². The van der Waals surface area contributed by atoms with E-state index in [1.165, 1.54) is 6.20 Å². The molecule has 0 fully saturated rings. The Kier molecular flexibility index (Phi) is 3.06. The summed E-state index contributed by atoms with van der Waals surface area (Å²) in [7, 11) is 0. The van der Waals surface area contributed by atoms with E-state index in [4.69, 9.17) is 12.2 Å². The lowest BCUT2D eigenvalue weighted by molar-refractivity contribution is -0.137. The predicted octanol–water partition coefficient (Wildman–Crippen LogP) is 4.43. The topological polar surface area (TPSA) is 41.6 Å². The fraction of sp³-hybridized carbons (Fsp3) is 0.0833. The number of hydrogen-bond donors (Lipinski definition) is 1. The molecule has 2 heterocycles. The van der Waals surface area contributed by atoms with Crippen LogP contribution in [0, 0.1) is 4.64 Å². The number of nitrogens with zero attached hydrogens (tertiary/aromatic N) is 2. The quantitative estimate of drug-likeness (QED) is 0.676. The summed E-state index contributed by atoms with van der Waals surface area (Å²) in [6, 6.07) is 7.16. The summed E-state index contributed by atoms with van der Waals surface area (Å²) in [6.07, 6.45) is -3.26. The average molecular weight is 313 g/mol. The Labute approximate surface area is 120 Å². The summed E-state index contributed by atoms with van der Waals surface area (Å²) in [5.41, 5.74) is 0.419. The Morgan fingerprint density at radius 3 is 2.50 bits per heavy atom. The van der Waals surface area contributed by atoms with Crippen LogP contribution in [0.3, 0.4) is 0 Å². The summed E-state index contributed by atoms with van der Waals surface area (Å²) in [5.74, 6) is 0. The zero-order valence-electron chi connectivity index (χ0n) is 9.73. The molecule has 0 bridgehead atoms. The maximum atomic E-state index is 12.6. The van der Waals surface area contributed by atoms with Gasteiger partial charge in [0.15, 0.2) is 5.01 Å². The molecule has 1 N–H and O–H groups in total. The van der Waals surface area contributed by atoms with Crippen LogP contribution < -0.4 is 0 Å². The number of thiazole rings is 1. The second-order valence-electron chi connectivity index (χ2n) is 3.97. The number of nitrogens with one attached hydrogen (secondary N) is 1. The number of aromatic amines is 1. The van der Waals surface area contributed by atoms with Gasteiger partial charge >= 0.3 is 6.18 Å². The van der Waals surface area contributed by atoms with Crippen molar-refractivity contribution in [2.45, 2.75) is 6.18 Å². The number of aromatic nitrogens is 3. The van der Waals surface area contributed by atoms with E-state index in [-0.39, 0.29) is 0 Å². The normalized spacial score (nSPS) is 11.9. The molecule has 0 atom stereocenters. The molecular weight excluding hydrogens is 307 g/mol. The van der Waals surface area contributed by atoms with Crippen LogP contribution in [-0.2, 0) is 6.18 Å². The molecule has 0 aliphatic rings. The van der Waals surface area contributed by atoms with Gasteiger partial charge in [0.2, 0.25) is 0 Å². The number of benzene rings is 1. The summed E-state index contributed by atoms with van der Waals surface area (Å²) in [6.45, 7) is 0. The van der Waals surface area contributed by atoms with Crippen molar-refractivity contribution in [1.82, 2.24) is 15.2 Å². The lowest BCUT2D eigenvalue weighted by atomic mass is 10.1. The molecule has 0 unspecified atom stereocenters. The summed E-state index contributed by atoms with van der Waals surface area (Å²) in [5, 5.41) is 7.26. The molecule has 8 heteroatoms. The minimum atomic E-state index is -4.44. The second kappa shape index (κ2) is 4.64. The molecule has 0 amide bonds. The van der Waals surface area contributed by atoms with Crippen molar-refractivity contribution >= 4 is 34.3 Å². The van der Waals surface area contributed by atoms with Crippen molar-refractivity contribution < 1.29 is 13.2 Å². The van der Waals surface area contributed by atoms with Gasteiger partial charge in [0.05, 0.1) is 4.88 Å². The smallest absolute Gasteiger partial charge is 0.267 e. The molecule has 0 aliphatic heterocycles. The van der Waals surface area contributed by atoms with Gasteiger partial charge in [-0.1, -0.05) is 36.5 Å². The van der Waals surface area contributed by atoms with Gasteiger partial charge in [-0.05, 0) is 0 Å². The first-order valence-electron chi connectivity index (χ1n) is 5.47. The van der Waals surface area contributed by atoms with Crippen molar-refractivity contribution in [3.05, 3.63) is 40.1 Å². The third-order valence-corrected chi connectivity index (χ3v) is 4.04. The molecule has 1 aromatic carbocycles. The number of hydrogen-bond acceptors (Lipinski definition) is 4. The van der Waals surface area contributed by atoms with E-state index >= 15 is 0 Å². The van der Waals surface area contributed by atoms with Crippen LogP contribution in [-0.4, -0.2) is 15.2 Å². The maximum Gasteiger partial charge on any atom is 0.443 e. The van der Waals surface area contributed by atoms with Gasteiger partial charge < -0.3 is 0 Å². The molecule has 0 radical (unpaired) electrons. The lowest BCUT2D eigenvalue weighted by Crippen LogP contribution is -2.02. The second-order valence-corrected chi connectivity index (χ2v) is 5.41. The van der Waals surface area contributed by atoms with Crippen molar-refractivity contribution in [2.24, 2.45) is 0 Å². The van der Waals surface area contributed by atoms with E-state index in [2.05, 4.69) is 15.2 Å². The Balaban J connectivity index is 2.23. The van der Waals surface area contributed by atoms with Crippen molar-refractivity contribution in [1.29, 1.82) is 0 Å². The van der Waals surface area contributed by atoms with Gasteiger partial charge in [-0.25, -0.2) is 4.98 Å². The van der Waals surface area contributed by atoms with Gasteiger partial charge in [0.25, 0.3) is 0 Å². The number of rotatable bonds is 1. The third kappa shape index (κ3) is 2.20. The van der Waals surface area contributed by atoms with Gasteiger partial charge in [0, 0.05) is 17.0 Å². The molecule has 102 valence electrons. The molecular formula is C12H6F3N3S2. The van der Waals surface area contributed by atoms with Crippen molar-refractivity contribution in [2.75, 3.05) is 0 Å². The van der Waals surface area contributed by atoms with E-state index in [1.54, 1.807) is 18.2 Å². The fourth-order valence-corrected chi connectivity index (χ4v) is 2.83. The van der Waals surface area contributed by atoms with Gasteiger partial charge in [-0.15, -0.1) is 11.3 Å². The summed E-state index contributed by atoms with van der Waals surface area (Å²) >= 11 is 5.68. The molecule has 2 aromatic heterocycles. The monoisotopic (exact) mass is 313 g/mol. The van der Waals surface area contributed by atoms with Gasteiger partial charge in [0.1, 0.15) is 10.3 Å². The summed E-state index contributed by atoms with van der Waals surface area (Å²) in [4.78, 5) is 3.75. The Morgan fingerprint density at radius 2 is 1.85 bits per heavy atom. The van der Waals surface area contributed by atoms with Crippen molar-refractivity contribution in [3.63, 3.8) is 0 Å². The first-order valence-corrected chi connectivity index (χ1v) is 6.70. The largest absolute Gasteiger partial charge is 0.443 e. The number of alkyl halides is 3. The molecule has 0 saturated heterocycles. The average Bonchev–Trinajstić information content (AvgIpc) is 2.89. The summed E-state index contributed by atoms with van der Waals surface area (Å²) < 4.78 is 38.2. The van der Waals surface area contributed by atoms with E-state index in [0.29, 0.717) is 31.9 Å². The highest BCUT2D eigenvalue weighted by Gasteiger charge is 2.34. The molecule has 3 rings (SSSR count). The van der Waals surface area contributed by atoms with E-state index < -0.39 is 11.2 Å². The van der Waals surface area contributed by atoms with Crippen LogP contribution in [0.5, 0.6) is 0 Å². The molecule has 0 saturated carbocycles. The standard InChI is InChI=1S/C12H6F3N3S2/c13-12(14,15)11-16-5-8(20-11)9-6-3-1-2-4-7(6)10(19)18-17-9/h1-5H,(H,18,19). The first-order chi connectivity index (χ1) is 9.47. The Morgan fingerprint density at radius 1 is 1.15 bits per heavy atom. The van der Waals surface area contributed by atoms with E-state index in [0.717, 1.165) is 5.39 Å². The van der Waals surface area contributed by atoms with Crippen LogP contribution in [0.15, 0.2) is 30.5 Å². The van der Waals surface area contributed by atoms with E-state index in [1.807, 2.05) is 6.07 Å². The Bertz CT molecular complexity index is 836. The third-order valence-electron chi connectivity index (χ3n) is 2.68. The van der Waals surface area contributed by atoms with Crippen LogP contribution in [0.25, 0.3) is 21.3 Å². The molecule has 0 spiro atoms. The van der Waals surface area contributed by atoms with E-state index in [9.17, 15) is 13.2 Å². The van der Waals surface area contributed by atoms with Crippen LogP contribution in [0.2, 0.25) is 0 Å². The first kappa shape index (κ1) is 13.2. The maximum absolute atomic E-state index is 12.6. The molecule has 0 aliphatic carbocycles. The Hall–Kier alpha value is -1.80. The SMILES string of the molecule is FC(F)(F)c1ncc(-c2n[nH]c(=S)c3ccccc23)s1. The number of halogens is 3. The zero-order valence-corrected chi connectivity index (χ0v) is 11.4. The van der Waals surface area contributed by atoms with Gasteiger partial charge in [-0.2, -0.15) is 18.3 Å². The minimum Gasteiger partial charge on any atom is -0.267 e. The number of H-pyrrole nitrogens is 1. The van der Waals surface area contributed by atoms with Crippen LogP contribution in [0.4, 0.5) is 13.2 Å². The highest BCUT2D eigenvalue weighted by atomic mass is 32.1. The highest BCUT2D eigenvalue weighted by Crippen LogP contribution is 2.37. The molecule has 3 nitrogen and oxygen atoms in total. The minimum absolute atomic E-state index is 0.347.